The Labute approximate surface area is 132 Å². The van der Waals surface area contributed by atoms with E-state index in [1.807, 2.05) is 30.3 Å². The highest BCUT2D eigenvalue weighted by Gasteiger charge is 2.38. The molecule has 1 aliphatic rings. The summed E-state index contributed by atoms with van der Waals surface area (Å²) in [5.74, 6) is -0.382. The third-order valence-corrected chi connectivity index (χ3v) is 3.88. The van der Waals surface area contributed by atoms with Crippen molar-refractivity contribution < 1.29 is 19.2 Å². The number of nitrogens with one attached hydrogen (secondary N) is 1. The fourth-order valence-electron chi connectivity index (χ4n) is 2.27. The van der Waals surface area contributed by atoms with Crippen molar-refractivity contribution in [3.8, 4) is 0 Å². The molecule has 6 heteroatoms. The SMILES string of the molecule is CCOC(=O)C1=C(CBr)[N+](C)=C(O)N[C@H]1c1ccccc1. The van der Waals surface area contributed by atoms with Gasteiger partial charge in [0.15, 0.2) is 6.04 Å². The highest BCUT2D eigenvalue weighted by Crippen LogP contribution is 2.29. The molecular formula is C15H18BrN2O3+. The van der Waals surface area contributed by atoms with Gasteiger partial charge < -0.3 is 9.84 Å². The molecule has 0 amide bonds. The van der Waals surface area contributed by atoms with E-state index in [0.29, 0.717) is 23.2 Å². The maximum atomic E-state index is 12.3. The second-order valence-corrected chi connectivity index (χ2v) is 5.15. The predicted molar refractivity (Wildman–Crippen MR) is 83.6 cm³/mol. The van der Waals surface area contributed by atoms with E-state index in [2.05, 4.69) is 21.2 Å². The van der Waals surface area contributed by atoms with Crippen molar-refractivity contribution in [3.63, 3.8) is 0 Å². The summed E-state index contributed by atoms with van der Waals surface area (Å²) in [5.41, 5.74) is 2.07. The van der Waals surface area contributed by atoms with E-state index in [-0.39, 0.29) is 12.0 Å². The minimum absolute atomic E-state index is 0.00588. The molecule has 2 rings (SSSR count). The number of aliphatic hydroxyl groups excluding tert-OH is 1. The number of nitrogens with zero attached hydrogens (tertiary/aromatic N) is 1. The molecule has 0 bridgehead atoms. The van der Waals surface area contributed by atoms with Crippen molar-refractivity contribution >= 4 is 27.9 Å². The molecule has 1 aromatic carbocycles. The molecule has 0 aromatic heterocycles. The van der Waals surface area contributed by atoms with Gasteiger partial charge in [-0.2, -0.15) is 4.58 Å². The van der Waals surface area contributed by atoms with Gasteiger partial charge in [-0.25, -0.2) is 10.1 Å². The zero-order valence-corrected chi connectivity index (χ0v) is 13.6. The van der Waals surface area contributed by atoms with Gasteiger partial charge in [-0.05, 0) is 6.92 Å². The maximum Gasteiger partial charge on any atom is 0.447 e. The molecule has 0 radical (unpaired) electrons. The van der Waals surface area contributed by atoms with Crippen LogP contribution in [0, 0.1) is 0 Å². The molecule has 0 saturated heterocycles. The number of carbonyl (C=O) groups is 1. The lowest BCUT2D eigenvalue weighted by molar-refractivity contribution is -0.458. The monoisotopic (exact) mass is 353 g/mol. The Kier molecular flexibility index (Phi) is 5.01. The van der Waals surface area contributed by atoms with Crippen molar-refractivity contribution in [2.45, 2.75) is 13.0 Å². The van der Waals surface area contributed by atoms with Crippen LogP contribution in [0.3, 0.4) is 0 Å². The Balaban J connectivity index is 2.55. The molecule has 1 aromatic rings. The fraction of sp³-hybridized carbons (Fsp3) is 0.333. The van der Waals surface area contributed by atoms with Crippen molar-refractivity contribution in [1.82, 2.24) is 5.32 Å². The van der Waals surface area contributed by atoms with Gasteiger partial charge in [0.1, 0.15) is 11.3 Å². The topological polar surface area (TPSA) is 61.6 Å². The summed E-state index contributed by atoms with van der Waals surface area (Å²) in [6.07, 6.45) is 0. The Bertz CT molecular complexity index is 596. The van der Waals surface area contributed by atoms with E-state index in [4.69, 9.17) is 4.74 Å². The Morgan fingerprint density at radius 2 is 2.10 bits per heavy atom. The van der Waals surface area contributed by atoms with Crippen LogP contribution in [0.2, 0.25) is 0 Å². The van der Waals surface area contributed by atoms with Gasteiger partial charge >= 0.3 is 12.0 Å². The fourth-order valence-corrected chi connectivity index (χ4v) is 2.95. The third-order valence-electron chi connectivity index (χ3n) is 3.35. The number of rotatable bonds is 4. The quantitative estimate of drug-likeness (QED) is 0.494. The van der Waals surface area contributed by atoms with E-state index in [1.165, 1.54) is 0 Å². The Morgan fingerprint density at radius 1 is 1.43 bits per heavy atom. The predicted octanol–water partition coefficient (Wildman–Crippen LogP) is 2.10. The second-order valence-electron chi connectivity index (χ2n) is 4.59. The highest BCUT2D eigenvalue weighted by atomic mass is 79.9. The summed E-state index contributed by atoms with van der Waals surface area (Å²) in [6.45, 7) is 2.08. The number of esters is 1. The lowest BCUT2D eigenvalue weighted by Gasteiger charge is -2.23. The maximum absolute atomic E-state index is 12.3. The van der Waals surface area contributed by atoms with Crippen LogP contribution in [0.4, 0.5) is 0 Å². The second kappa shape index (κ2) is 6.76. The zero-order chi connectivity index (χ0) is 15.4. The normalized spacial score (nSPS) is 18.5. The van der Waals surface area contributed by atoms with E-state index >= 15 is 0 Å². The number of aliphatic hydroxyl groups is 1. The average Bonchev–Trinajstić information content (AvgIpc) is 2.50. The highest BCUT2D eigenvalue weighted by molar-refractivity contribution is 9.09. The van der Waals surface area contributed by atoms with Crippen LogP contribution in [0.5, 0.6) is 0 Å². The average molecular weight is 354 g/mol. The van der Waals surface area contributed by atoms with E-state index in [1.54, 1.807) is 18.5 Å². The number of allylic oxidation sites excluding steroid dienone is 1. The lowest BCUT2D eigenvalue weighted by Crippen LogP contribution is -2.43. The molecule has 0 aliphatic carbocycles. The van der Waals surface area contributed by atoms with E-state index < -0.39 is 6.04 Å². The lowest BCUT2D eigenvalue weighted by atomic mass is 9.96. The van der Waals surface area contributed by atoms with Crippen LogP contribution in [0.1, 0.15) is 18.5 Å². The van der Waals surface area contributed by atoms with Crippen molar-refractivity contribution in [3.05, 3.63) is 47.2 Å². The third kappa shape index (κ3) is 3.10. The molecular weight excluding hydrogens is 336 g/mol. The van der Waals surface area contributed by atoms with Crippen molar-refractivity contribution in [2.24, 2.45) is 0 Å². The van der Waals surface area contributed by atoms with Gasteiger partial charge in [-0.15, -0.1) is 0 Å². The summed E-state index contributed by atoms with van der Waals surface area (Å²) in [4.78, 5) is 12.3. The first-order valence-electron chi connectivity index (χ1n) is 6.67. The van der Waals surface area contributed by atoms with Gasteiger partial charge in [0.25, 0.3) is 0 Å². The Morgan fingerprint density at radius 3 is 2.67 bits per heavy atom. The number of alkyl halides is 1. The van der Waals surface area contributed by atoms with Crippen molar-refractivity contribution in [1.29, 1.82) is 0 Å². The molecule has 1 heterocycles. The molecule has 112 valence electrons. The molecule has 1 atom stereocenters. The number of hydrogen-bond acceptors (Lipinski definition) is 3. The van der Waals surface area contributed by atoms with Gasteiger partial charge in [-0.3, -0.25) is 0 Å². The number of hydrogen-bond donors (Lipinski definition) is 2. The molecule has 2 N–H and O–H groups in total. The molecule has 5 nitrogen and oxygen atoms in total. The zero-order valence-electron chi connectivity index (χ0n) is 12.0. The first-order chi connectivity index (χ1) is 10.1. The van der Waals surface area contributed by atoms with Crippen LogP contribution in [0.25, 0.3) is 0 Å². The van der Waals surface area contributed by atoms with Crippen LogP contribution < -0.4 is 5.32 Å². The summed E-state index contributed by atoms with van der Waals surface area (Å²) >= 11 is 3.38. The Hall–Kier alpha value is -1.82. The van der Waals surface area contributed by atoms with E-state index in [0.717, 1.165) is 5.56 Å². The van der Waals surface area contributed by atoms with Gasteiger partial charge in [-0.1, -0.05) is 46.3 Å². The molecule has 0 saturated carbocycles. The number of benzene rings is 1. The summed E-state index contributed by atoms with van der Waals surface area (Å²) in [5, 5.41) is 13.5. The van der Waals surface area contributed by atoms with Gasteiger partial charge in [0, 0.05) is 5.56 Å². The summed E-state index contributed by atoms with van der Waals surface area (Å²) < 4.78 is 6.72. The van der Waals surface area contributed by atoms with Crippen LogP contribution >= 0.6 is 15.9 Å². The van der Waals surface area contributed by atoms with Crippen LogP contribution in [-0.2, 0) is 9.53 Å². The minimum Gasteiger partial charge on any atom is -0.462 e. The number of carbonyl (C=O) groups excluding carboxylic acids is 1. The minimum atomic E-state index is -0.436. The molecule has 0 fully saturated rings. The molecule has 21 heavy (non-hydrogen) atoms. The first kappa shape index (κ1) is 15.6. The molecule has 0 unspecified atom stereocenters. The first-order valence-corrected chi connectivity index (χ1v) is 7.79. The van der Waals surface area contributed by atoms with Gasteiger partial charge in [0.2, 0.25) is 0 Å². The summed E-state index contributed by atoms with van der Waals surface area (Å²) in [6, 6.07) is 9.07. The smallest absolute Gasteiger partial charge is 0.447 e. The molecule has 0 spiro atoms. The van der Waals surface area contributed by atoms with E-state index in [9.17, 15) is 9.90 Å². The largest absolute Gasteiger partial charge is 0.462 e. The number of ether oxygens (including phenoxy) is 1. The molecule has 1 aliphatic heterocycles. The standard InChI is InChI=1S/C15H17BrN2O3/c1-3-21-14(19)12-11(9-16)18(2)15(20)17-13(12)10-7-5-4-6-8-10/h4-8,13H,3,9H2,1-2H3,(H,17,20)/p+1/t13-/m0/s1. The summed E-state index contributed by atoms with van der Waals surface area (Å²) in [7, 11) is 1.69. The van der Waals surface area contributed by atoms with Gasteiger partial charge in [0.05, 0.1) is 19.0 Å². The number of amidine groups is 1. The van der Waals surface area contributed by atoms with Crippen molar-refractivity contribution in [2.75, 3.05) is 19.0 Å². The number of halogens is 1. The van der Waals surface area contributed by atoms with Crippen LogP contribution in [0.15, 0.2) is 41.6 Å². The van der Waals surface area contributed by atoms with Crippen LogP contribution in [-0.4, -0.2) is 40.7 Å².